The Morgan fingerprint density at radius 2 is 1.97 bits per heavy atom. The number of aryl methyl sites for hydroxylation is 1. The van der Waals surface area contributed by atoms with E-state index >= 15 is 0 Å². The molecular formula is C25H36F2O2. The maximum Gasteiger partial charge on any atom is 0.162 e. The SMILES string of the molecule is C=C(C)C1CCC(C)=CC1c1c(O)cc(CCCCC)cc1OC(C)(CF)CF. The Balaban J connectivity index is 2.56. The van der Waals surface area contributed by atoms with Crippen molar-refractivity contribution in [2.75, 3.05) is 13.3 Å². The normalized spacial score (nSPS) is 19.7. The lowest BCUT2D eigenvalue weighted by molar-refractivity contribution is 0.0336. The van der Waals surface area contributed by atoms with Crippen molar-refractivity contribution >= 4 is 0 Å². The van der Waals surface area contributed by atoms with Gasteiger partial charge in [-0.1, -0.05) is 43.6 Å². The summed E-state index contributed by atoms with van der Waals surface area (Å²) >= 11 is 0. The second kappa shape index (κ2) is 10.3. The molecule has 0 heterocycles. The van der Waals surface area contributed by atoms with Crippen LogP contribution in [-0.4, -0.2) is 24.1 Å². The molecule has 1 aromatic carbocycles. The monoisotopic (exact) mass is 406 g/mol. The summed E-state index contributed by atoms with van der Waals surface area (Å²) in [5.41, 5.74) is 2.26. The van der Waals surface area contributed by atoms with Crippen molar-refractivity contribution in [3.63, 3.8) is 0 Å². The van der Waals surface area contributed by atoms with Gasteiger partial charge in [0.2, 0.25) is 0 Å². The molecule has 2 nitrogen and oxygen atoms in total. The molecule has 1 N–H and O–H groups in total. The van der Waals surface area contributed by atoms with E-state index in [1.54, 1.807) is 6.07 Å². The summed E-state index contributed by atoms with van der Waals surface area (Å²) in [7, 11) is 0. The minimum atomic E-state index is -1.56. The molecule has 29 heavy (non-hydrogen) atoms. The number of benzene rings is 1. The predicted octanol–water partition coefficient (Wildman–Crippen LogP) is 7.22. The third-order valence-electron chi connectivity index (χ3n) is 5.88. The van der Waals surface area contributed by atoms with Gasteiger partial charge in [-0.25, -0.2) is 8.78 Å². The molecule has 0 radical (unpaired) electrons. The number of ether oxygens (including phenoxy) is 1. The summed E-state index contributed by atoms with van der Waals surface area (Å²) in [5.74, 6) is 0.553. The van der Waals surface area contributed by atoms with Gasteiger partial charge in [-0.05, 0) is 70.1 Å². The van der Waals surface area contributed by atoms with Gasteiger partial charge >= 0.3 is 0 Å². The van der Waals surface area contributed by atoms with Crippen molar-refractivity contribution in [3.8, 4) is 11.5 Å². The van der Waals surface area contributed by atoms with E-state index in [-0.39, 0.29) is 17.6 Å². The number of halogens is 2. The number of hydrogen-bond acceptors (Lipinski definition) is 2. The van der Waals surface area contributed by atoms with Crippen molar-refractivity contribution in [2.45, 2.75) is 77.7 Å². The zero-order valence-corrected chi connectivity index (χ0v) is 18.4. The Morgan fingerprint density at radius 3 is 2.55 bits per heavy atom. The van der Waals surface area contributed by atoms with Crippen LogP contribution in [0.2, 0.25) is 0 Å². The van der Waals surface area contributed by atoms with Crippen molar-refractivity contribution in [3.05, 3.63) is 47.1 Å². The first-order chi connectivity index (χ1) is 13.7. The fourth-order valence-electron chi connectivity index (χ4n) is 4.07. The van der Waals surface area contributed by atoms with Crippen LogP contribution in [0.1, 0.15) is 76.8 Å². The molecule has 0 aliphatic heterocycles. The standard InChI is InChI=1S/C25H36F2O2/c1-6-7-8-9-19-13-22(28)24(23(14-19)29-25(5,15-26)16-27)21-12-18(4)10-11-20(21)17(2)3/h12-14,20-21,28H,2,6-11,15-16H2,1,3-5H3. The Kier molecular flexibility index (Phi) is 8.30. The Bertz CT molecular complexity index is 735. The van der Waals surface area contributed by atoms with Crippen LogP contribution in [0.3, 0.4) is 0 Å². The highest BCUT2D eigenvalue weighted by molar-refractivity contribution is 5.53. The Morgan fingerprint density at radius 1 is 1.28 bits per heavy atom. The lowest BCUT2D eigenvalue weighted by atomic mass is 9.73. The molecule has 0 fully saturated rings. The first-order valence-corrected chi connectivity index (χ1v) is 10.7. The van der Waals surface area contributed by atoms with Crippen LogP contribution < -0.4 is 4.74 Å². The molecule has 0 saturated carbocycles. The molecule has 0 amide bonds. The molecule has 0 bridgehead atoms. The Hall–Kier alpha value is -1.84. The van der Waals surface area contributed by atoms with E-state index in [1.165, 1.54) is 12.5 Å². The summed E-state index contributed by atoms with van der Waals surface area (Å²) in [6.07, 6.45) is 8.03. The molecule has 1 aliphatic carbocycles. The zero-order valence-electron chi connectivity index (χ0n) is 18.4. The zero-order chi connectivity index (χ0) is 21.6. The average Bonchev–Trinajstić information content (AvgIpc) is 2.67. The molecule has 2 atom stereocenters. The van der Waals surface area contributed by atoms with E-state index in [0.717, 1.165) is 49.7 Å². The molecule has 1 aliphatic rings. The highest BCUT2D eigenvalue weighted by atomic mass is 19.1. The van der Waals surface area contributed by atoms with Crippen LogP contribution in [0, 0.1) is 5.92 Å². The van der Waals surface area contributed by atoms with Crippen LogP contribution >= 0.6 is 0 Å². The third kappa shape index (κ3) is 5.83. The lowest BCUT2D eigenvalue weighted by Crippen LogP contribution is -2.38. The molecule has 0 saturated heterocycles. The topological polar surface area (TPSA) is 29.5 Å². The van der Waals surface area contributed by atoms with E-state index in [4.69, 9.17) is 4.74 Å². The first-order valence-electron chi connectivity index (χ1n) is 10.7. The van der Waals surface area contributed by atoms with Crippen molar-refractivity contribution < 1.29 is 18.6 Å². The number of hydrogen-bond donors (Lipinski definition) is 1. The summed E-state index contributed by atoms with van der Waals surface area (Å²) < 4.78 is 33.0. The molecule has 162 valence electrons. The van der Waals surface area contributed by atoms with Crippen LogP contribution in [0.5, 0.6) is 11.5 Å². The van der Waals surface area contributed by atoms with Gasteiger partial charge in [0.05, 0.1) is 0 Å². The van der Waals surface area contributed by atoms with Crippen molar-refractivity contribution in [1.82, 2.24) is 0 Å². The first kappa shape index (κ1) is 23.4. The lowest BCUT2D eigenvalue weighted by Gasteiger charge is -2.34. The Labute approximate surface area is 174 Å². The minimum absolute atomic E-state index is 0.121. The van der Waals surface area contributed by atoms with E-state index in [0.29, 0.717) is 11.3 Å². The number of allylic oxidation sites excluding steroid dienone is 3. The average molecular weight is 407 g/mol. The van der Waals surface area contributed by atoms with Crippen molar-refractivity contribution in [2.24, 2.45) is 5.92 Å². The number of unbranched alkanes of at least 4 members (excludes halogenated alkanes) is 2. The molecule has 1 aromatic rings. The second-order valence-corrected chi connectivity index (χ2v) is 8.83. The smallest absolute Gasteiger partial charge is 0.162 e. The van der Waals surface area contributed by atoms with E-state index in [1.807, 2.05) is 13.0 Å². The molecule has 2 rings (SSSR count). The van der Waals surface area contributed by atoms with E-state index < -0.39 is 19.0 Å². The van der Waals surface area contributed by atoms with Gasteiger partial charge in [0.15, 0.2) is 5.60 Å². The number of rotatable bonds is 10. The third-order valence-corrected chi connectivity index (χ3v) is 5.88. The fraction of sp³-hybridized carbons (Fsp3) is 0.600. The molecule has 2 unspecified atom stereocenters. The van der Waals surface area contributed by atoms with Gasteiger partial charge in [0.25, 0.3) is 0 Å². The van der Waals surface area contributed by atoms with Gasteiger partial charge in [-0.3, -0.25) is 0 Å². The maximum absolute atomic E-state index is 13.6. The second-order valence-electron chi connectivity index (χ2n) is 8.83. The van der Waals surface area contributed by atoms with Gasteiger partial charge in [-0.2, -0.15) is 0 Å². The fourth-order valence-corrected chi connectivity index (χ4v) is 4.07. The minimum Gasteiger partial charge on any atom is -0.507 e. The van der Waals surface area contributed by atoms with Crippen LogP contribution in [-0.2, 0) is 6.42 Å². The number of aromatic hydroxyl groups is 1. The quantitative estimate of drug-likeness (QED) is 0.328. The van der Waals surface area contributed by atoms with Gasteiger partial charge < -0.3 is 9.84 Å². The van der Waals surface area contributed by atoms with Gasteiger partial charge in [-0.15, -0.1) is 0 Å². The molecule has 0 aromatic heterocycles. The number of alkyl halides is 2. The van der Waals surface area contributed by atoms with Gasteiger partial charge in [0.1, 0.15) is 24.8 Å². The van der Waals surface area contributed by atoms with E-state index in [9.17, 15) is 13.9 Å². The summed E-state index contributed by atoms with van der Waals surface area (Å²) in [6, 6.07) is 3.65. The highest BCUT2D eigenvalue weighted by Gasteiger charge is 2.34. The van der Waals surface area contributed by atoms with Crippen LogP contribution in [0.15, 0.2) is 35.9 Å². The molecular weight excluding hydrogens is 370 g/mol. The van der Waals surface area contributed by atoms with Crippen LogP contribution in [0.4, 0.5) is 8.78 Å². The van der Waals surface area contributed by atoms with Crippen molar-refractivity contribution in [1.29, 1.82) is 0 Å². The van der Waals surface area contributed by atoms with Crippen LogP contribution in [0.25, 0.3) is 0 Å². The highest BCUT2D eigenvalue weighted by Crippen LogP contribution is 2.47. The van der Waals surface area contributed by atoms with E-state index in [2.05, 4.69) is 26.5 Å². The predicted molar refractivity (Wildman–Crippen MR) is 116 cm³/mol. The van der Waals surface area contributed by atoms with Gasteiger partial charge in [0, 0.05) is 11.5 Å². The summed E-state index contributed by atoms with van der Waals surface area (Å²) in [6.45, 7) is 9.90. The largest absolute Gasteiger partial charge is 0.507 e. The summed E-state index contributed by atoms with van der Waals surface area (Å²) in [4.78, 5) is 0. The number of phenolic OH excluding ortho intramolecular Hbond substituents is 1. The molecule has 4 heteroatoms. The molecule has 0 spiro atoms. The number of phenols is 1. The maximum atomic E-state index is 13.6. The summed E-state index contributed by atoms with van der Waals surface area (Å²) in [5, 5.41) is 11.0.